The lowest BCUT2D eigenvalue weighted by molar-refractivity contribution is -0.138. The Kier molecular flexibility index (Phi) is 7.05. The number of hydrogen-bond acceptors (Lipinski definition) is 6. The molecule has 1 amide bonds. The average molecular weight is 470 g/mol. The van der Waals surface area contributed by atoms with Crippen LogP contribution in [0.5, 0.6) is 23.3 Å². The van der Waals surface area contributed by atoms with Crippen LogP contribution in [0.25, 0.3) is 0 Å². The molecule has 1 heterocycles. The third kappa shape index (κ3) is 5.44. The van der Waals surface area contributed by atoms with E-state index in [2.05, 4.69) is 10.3 Å². The maximum Gasteiger partial charge on any atom is 0.325 e. The predicted octanol–water partition coefficient (Wildman–Crippen LogP) is 3.74. The maximum absolute atomic E-state index is 14.7. The highest BCUT2D eigenvalue weighted by Crippen LogP contribution is 2.33. The summed E-state index contributed by atoms with van der Waals surface area (Å²) in [6, 6.07) is 10.4. The Morgan fingerprint density at radius 2 is 1.53 bits per heavy atom. The van der Waals surface area contributed by atoms with E-state index < -0.39 is 46.9 Å². The number of carboxylic acid groups (broad SMARTS) is 1. The number of hydrogen-bond donors (Lipinski definition) is 4. The van der Waals surface area contributed by atoms with E-state index in [1.165, 1.54) is 50.2 Å². The molecule has 0 bridgehead atoms. The van der Waals surface area contributed by atoms with Gasteiger partial charge in [0.05, 0.1) is 0 Å². The van der Waals surface area contributed by atoms with Crippen molar-refractivity contribution in [1.82, 2.24) is 10.3 Å². The molecule has 0 aliphatic heterocycles. The molecule has 0 aliphatic rings. The van der Waals surface area contributed by atoms with Crippen molar-refractivity contribution in [3.05, 3.63) is 76.9 Å². The lowest BCUT2D eigenvalue weighted by Gasteiger charge is -2.13. The summed E-state index contributed by atoms with van der Waals surface area (Å²) in [5.41, 5.74) is 5.43. The summed E-state index contributed by atoms with van der Waals surface area (Å²) in [5.74, 6) is -5.30. The average Bonchev–Trinajstić information content (AvgIpc) is 2.81. The van der Waals surface area contributed by atoms with Gasteiger partial charge in [-0.1, -0.05) is 18.2 Å². The van der Waals surface area contributed by atoms with Crippen LogP contribution < -0.4 is 20.5 Å². The molecule has 2 aromatic carbocycles. The quantitative estimate of drug-likeness (QED) is 0.290. The lowest BCUT2D eigenvalue weighted by Crippen LogP contribution is -2.38. The monoisotopic (exact) mass is 470 g/mol. The zero-order chi connectivity index (χ0) is 25.0. The van der Waals surface area contributed by atoms with Gasteiger partial charge in [0, 0.05) is 16.7 Å². The standard InChI is InChI=1S/C23H20F2N4O5/c1-11-17(24)21(33-15-7-3-5-13(9-15)19(26)27)29-22(18(11)25)34-16-8-4-6-14(10-16)20(30)28-12(2)23(31)32/h3-10,12H,1-2H3,(H3,26,27)(H,28,30)(H,31,32). The number of carbonyl (C=O) groups excluding carboxylic acids is 1. The Morgan fingerprint density at radius 1 is 1.03 bits per heavy atom. The van der Waals surface area contributed by atoms with Crippen LogP contribution >= 0.6 is 0 Å². The summed E-state index contributed by atoms with van der Waals surface area (Å²) in [6.07, 6.45) is 0. The number of halogens is 2. The largest absolute Gasteiger partial charge is 0.480 e. The van der Waals surface area contributed by atoms with Gasteiger partial charge in [-0.05, 0) is 44.2 Å². The minimum absolute atomic E-state index is 0.00226. The third-order valence-electron chi connectivity index (χ3n) is 4.63. The van der Waals surface area contributed by atoms with E-state index >= 15 is 0 Å². The summed E-state index contributed by atoms with van der Waals surface area (Å²) in [4.78, 5) is 27.0. The van der Waals surface area contributed by atoms with Gasteiger partial charge in [-0.25, -0.2) is 8.78 Å². The van der Waals surface area contributed by atoms with E-state index in [4.69, 9.17) is 25.7 Å². The molecular weight excluding hydrogens is 450 g/mol. The molecule has 0 aliphatic carbocycles. The molecule has 0 spiro atoms. The topological polar surface area (TPSA) is 148 Å². The number of aliphatic carboxylic acids is 1. The number of benzene rings is 2. The van der Waals surface area contributed by atoms with Gasteiger partial charge in [-0.15, -0.1) is 0 Å². The van der Waals surface area contributed by atoms with Gasteiger partial charge in [0.25, 0.3) is 17.7 Å². The number of nitrogen functional groups attached to an aromatic ring is 1. The molecule has 3 rings (SSSR count). The van der Waals surface area contributed by atoms with Gasteiger partial charge in [-0.3, -0.25) is 15.0 Å². The molecule has 5 N–H and O–H groups in total. The van der Waals surface area contributed by atoms with E-state index in [9.17, 15) is 18.4 Å². The van der Waals surface area contributed by atoms with Crippen molar-refractivity contribution in [2.75, 3.05) is 0 Å². The first-order chi connectivity index (χ1) is 16.1. The molecule has 34 heavy (non-hydrogen) atoms. The number of nitrogens with zero attached hydrogens (tertiary/aromatic N) is 1. The first-order valence-corrected chi connectivity index (χ1v) is 9.86. The fourth-order valence-corrected chi connectivity index (χ4v) is 2.74. The molecule has 1 aromatic heterocycles. The Balaban J connectivity index is 1.89. The number of pyridine rings is 1. The van der Waals surface area contributed by atoms with Crippen molar-refractivity contribution in [2.45, 2.75) is 19.9 Å². The second-order valence-corrected chi connectivity index (χ2v) is 7.18. The van der Waals surface area contributed by atoms with Crippen LogP contribution in [0.3, 0.4) is 0 Å². The number of carbonyl (C=O) groups is 2. The van der Waals surface area contributed by atoms with Gasteiger partial charge in [0.15, 0.2) is 11.6 Å². The smallest absolute Gasteiger partial charge is 0.325 e. The summed E-state index contributed by atoms with van der Waals surface area (Å²) in [7, 11) is 0. The number of amides is 1. The van der Waals surface area contributed by atoms with E-state index in [0.717, 1.165) is 0 Å². The SMILES string of the molecule is Cc1c(F)c(Oc2cccc(C(=N)N)c2)nc(Oc2cccc(C(=O)NC(C)C(=O)O)c2)c1F. The fourth-order valence-electron chi connectivity index (χ4n) is 2.74. The van der Waals surface area contributed by atoms with E-state index in [1.54, 1.807) is 12.1 Å². The van der Waals surface area contributed by atoms with E-state index in [0.29, 0.717) is 5.56 Å². The normalized spacial score (nSPS) is 11.4. The second-order valence-electron chi connectivity index (χ2n) is 7.18. The van der Waals surface area contributed by atoms with Gasteiger partial charge < -0.3 is 25.6 Å². The van der Waals surface area contributed by atoms with Crippen LogP contribution in [0.2, 0.25) is 0 Å². The number of amidine groups is 1. The summed E-state index contributed by atoms with van der Waals surface area (Å²) in [5, 5.41) is 18.7. The Bertz CT molecular complexity index is 1280. The number of nitrogens with two attached hydrogens (primary N) is 1. The van der Waals surface area contributed by atoms with Crippen molar-refractivity contribution < 1.29 is 33.0 Å². The number of ether oxygens (including phenoxy) is 2. The van der Waals surface area contributed by atoms with Crippen molar-refractivity contribution in [2.24, 2.45) is 5.73 Å². The molecule has 0 saturated carbocycles. The van der Waals surface area contributed by atoms with Crippen LogP contribution in [-0.2, 0) is 4.79 Å². The van der Waals surface area contributed by atoms with Crippen LogP contribution in [0.15, 0.2) is 48.5 Å². The Hall–Kier alpha value is -4.54. The summed E-state index contributed by atoms with van der Waals surface area (Å²) in [6.45, 7) is 2.48. The molecule has 176 valence electrons. The van der Waals surface area contributed by atoms with Gasteiger partial charge in [0.1, 0.15) is 23.4 Å². The van der Waals surface area contributed by atoms with Crippen molar-refractivity contribution >= 4 is 17.7 Å². The first-order valence-electron chi connectivity index (χ1n) is 9.86. The van der Waals surface area contributed by atoms with Crippen molar-refractivity contribution in [1.29, 1.82) is 5.41 Å². The summed E-state index contributed by atoms with van der Waals surface area (Å²) < 4.78 is 40.2. The molecule has 0 saturated heterocycles. The summed E-state index contributed by atoms with van der Waals surface area (Å²) >= 11 is 0. The minimum atomic E-state index is -1.21. The van der Waals surface area contributed by atoms with Crippen molar-refractivity contribution in [3.63, 3.8) is 0 Å². The Labute approximate surface area is 192 Å². The number of carboxylic acids is 1. The molecule has 3 aromatic rings. The third-order valence-corrected chi connectivity index (χ3v) is 4.63. The highest BCUT2D eigenvalue weighted by atomic mass is 19.1. The zero-order valence-electron chi connectivity index (χ0n) is 18.1. The van der Waals surface area contributed by atoms with Crippen molar-refractivity contribution in [3.8, 4) is 23.3 Å². The fraction of sp³-hybridized carbons (Fsp3) is 0.130. The molecular formula is C23H20F2N4O5. The van der Waals surface area contributed by atoms with Crippen LogP contribution in [0, 0.1) is 24.0 Å². The van der Waals surface area contributed by atoms with E-state index in [1.807, 2.05) is 0 Å². The van der Waals surface area contributed by atoms with Gasteiger partial charge in [0.2, 0.25) is 0 Å². The van der Waals surface area contributed by atoms with Crippen LogP contribution in [0.1, 0.15) is 28.4 Å². The van der Waals surface area contributed by atoms with Gasteiger partial charge >= 0.3 is 5.97 Å². The molecule has 0 radical (unpaired) electrons. The van der Waals surface area contributed by atoms with Crippen LogP contribution in [0.4, 0.5) is 8.78 Å². The molecule has 1 atom stereocenters. The van der Waals surface area contributed by atoms with E-state index in [-0.39, 0.29) is 22.9 Å². The highest BCUT2D eigenvalue weighted by Gasteiger charge is 2.22. The molecule has 1 unspecified atom stereocenters. The van der Waals surface area contributed by atoms with Gasteiger partial charge in [-0.2, -0.15) is 4.98 Å². The maximum atomic E-state index is 14.7. The Morgan fingerprint density at radius 3 is 2.03 bits per heavy atom. The molecule has 0 fully saturated rings. The second kappa shape index (κ2) is 9.94. The predicted molar refractivity (Wildman–Crippen MR) is 118 cm³/mol. The number of aromatic nitrogens is 1. The molecule has 11 heteroatoms. The zero-order valence-corrected chi connectivity index (χ0v) is 18.1. The lowest BCUT2D eigenvalue weighted by atomic mass is 10.2. The highest BCUT2D eigenvalue weighted by molar-refractivity contribution is 5.97. The molecule has 9 nitrogen and oxygen atoms in total. The number of nitrogens with one attached hydrogen (secondary N) is 2. The number of rotatable bonds is 8. The first kappa shape index (κ1) is 24.1. The minimum Gasteiger partial charge on any atom is -0.480 e. The van der Waals surface area contributed by atoms with Crippen LogP contribution in [-0.4, -0.2) is 33.8 Å².